The summed E-state index contributed by atoms with van der Waals surface area (Å²) in [6, 6.07) is 12.9. The zero-order valence-corrected chi connectivity index (χ0v) is 12.2. The van der Waals surface area contributed by atoms with Gasteiger partial charge in [0.15, 0.2) is 0 Å². The fraction of sp³-hybridized carbons (Fsp3) is 0.294. The molecule has 0 amide bonds. The topological polar surface area (TPSA) is 29.3 Å². The van der Waals surface area contributed by atoms with Crippen molar-refractivity contribution in [3.05, 3.63) is 59.4 Å². The standard InChI is InChI=1S/C17H21FN2/c1-4-13-5-8-15(9-6-13)20(3)17-10-7-14(18)11-16(17)12(2)19/h5-12H,4,19H2,1-3H3/t12-/m0/s1. The monoisotopic (exact) mass is 272 g/mol. The van der Waals surface area contributed by atoms with Crippen LogP contribution in [-0.2, 0) is 6.42 Å². The molecule has 2 rings (SSSR count). The van der Waals surface area contributed by atoms with Gasteiger partial charge in [-0.25, -0.2) is 4.39 Å². The van der Waals surface area contributed by atoms with Gasteiger partial charge in [-0.05, 0) is 54.8 Å². The van der Waals surface area contributed by atoms with Gasteiger partial charge in [0.25, 0.3) is 0 Å². The van der Waals surface area contributed by atoms with Gasteiger partial charge in [0.1, 0.15) is 5.82 Å². The van der Waals surface area contributed by atoms with Gasteiger partial charge in [0.2, 0.25) is 0 Å². The zero-order valence-electron chi connectivity index (χ0n) is 12.2. The Morgan fingerprint density at radius 3 is 2.35 bits per heavy atom. The first-order chi connectivity index (χ1) is 9.52. The Hall–Kier alpha value is -1.87. The van der Waals surface area contributed by atoms with E-state index in [1.807, 2.05) is 18.9 Å². The van der Waals surface area contributed by atoms with E-state index >= 15 is 0 Å². The van der Waals surface area contributed by atoms with Crippen molar-refractivity contribution in [2.45, 2.75) is 26.3 Å². The molecule has 0 aliphatic rings. The summed E-state index contributed by atoms with van der Waals surface area (Å²) >= 11 is 0. The molecule has 106 valence electrons. The molecule has 0 aromatic heterocycles. The number of nitrogens with zero attached hydrogens (tertiary/aromatic N) is 1. The van der Waals surface area contributed by atoms with Gasteiger partial charge in [-0.1, -0.05) is 19.1 Å². The first kappa shape index (κ1) is 14.5. The molecule has 0 spiro atoms. The van der Waals surface area contributed by atoms with Crippen molar-refractivity contribution in [2.75, 3.05) is 11.9 Å². The van der Waals surface area contributed by atoms with Crippen molar-refractivity contribution in [3.63, 3.8) is 0 Å². The van der Waals surface area contributed by atoms with Crippen LogP contribution in [0, 0.1) is 5.82 Å². The highest BCUT2D eigenvalue weighted by Crippen LogP contribution is 2.30. The molecule has 0 radical (unpaired) electrons. The minimum atomic E-state index is -0.254. The molecule has 2 nitrogen and oxygen atoms in total. The van der Waals surface area contributed by atoms with Crippen LogP contribution < -0.4 is 10.6 Å². The van der Waals surface area contributed by atoms with E-state index in [0.717, 1.165) is 23.4 Å². The van der Waals surface area contributed by atoms with Crippen molar-refractivity contribution < 1.29 is 4.39 Å². The summed E-state index contributed by atoms with van der Waals surface area (Å²) in [6.07, 6.45) is 1.02. The molecule has 0 heterocycles. The second-order valence-corrected chi connectivity index (χ2v) is 5.07. The quantitative estimate of drug-likeness (QED) is 0.905. The van der Waals surface area contributed by atoms with E-state index < -0.39 is 0 Å². The number of hydrogen-bond donors (Lipinski definition) is 1. The molecule has 3 heteroatoms. The van der Waals surface area contributed by atoms with E-state index in [9.17, 15) is 4.39 Å². The summed E-state index contributed by atoms with van der Waals surface area (Å²) in [5.41, 5.74) is 10.1. The lowest BCUT2D eigenvalue weighted by atomic mass is 10.0. The van der Waals surface area contributed by atoms with Crippen LogP contribution >= 0.6 is 0 Å². The molecule has 0 saturated heterocycles. The summed E-state index contributed by atoms with van der Waals surface area (Å²) in [4.78, 5) is 2.04. The minimum absolute atomic E-state index is 0.210. The van der Waals surface area contributed by atoms with Crippen LogP contribution in [0.5, 0.6) is 0 Å². The Labute approximate surface area is 120 Å². The third kappa shape index (κ3) is 2.99. The molecule has 2 N–H and O–H groups in total. The molecule has 2 aromatic carbocycles. The smallest absolute Gasteiger partial charge is 0.123 e. The van der Waals surface area contributed by atoms with Crippen molar-refractivity contribution in [1.82, 2.24) is 0 Å². The average Bonchev–Trinajstić information content (AvgIpc) is 2.46. The third-order valence-corrected chi connectivity index (χ3v) is 3.57. The normalized spacial score (nSPS) is 12.2. The molecule has 2 aromatic rings. The number of nitrogens with two attached hydrogens (primary N) is 1. The highest BCUT2D eigenvalue weighted by Gasteiger charge is 2.13. The maximum Gasteiger partial charge on any atom is 0.123 e. The predicted molar refractivity (Wildman–Crippen MR) is 82.9 cm³/mol. The molecule has 0 fully saturated rings. The molecule has 0 unspecified atom stereocenters. The van der Waals surface area contributed by atoms with E-state index in [1.165, 1.54) is 17.7 Å². The number of hydrogen-bond acceptors (Lipinski definition) is 2. The van der Waals surface area contributed by atoms with Crippen molar-refractivity contribution in [2.24, 2.45) is 5.73 Å². The maximum atomic E-state index is 13.4. The summed E-state index contributed by atoms with van der Waals surface area (Å²) in [5, 5.41) is 0. The lowest BCUT2D eigenvalue weighted by Gasteiger charge is -2.24. The van der Waals surface area contributed by atoms with Crippen LogP contribution in [0.2, 0.25) is 0 Å². The van der Waals surface area contributed by atoms with Gasteiger partial charge >= 0.3 is 0 Å². The van der Waals surface area contributed by atoms with Crippen molar-refractivity contribution >= 4 is 11.4 Å². The van der Waals surface area contributed by atoms with Crippen LogP contribution in [0.15, 0.2) is 42.5 Å². The molecule has 1 atom stereocenters. The van der Waals surface area contributed by atoms with E-state index in [-0.39, 0.29) is 11.9 Å². The van der Waals surface area contributed by atoms with Gasteiger partial charge in [0, 0.05) is 24.5 Å². The second kappa shape index (κ2) is 6.06. The number of anilines is 2. The predicted octanol–water partition coefficient (Wildman–Crippen LogP) is 4.18. The van der Waals surface area contributed by atoms with Crippen molar-refractivity contribution in [3.8, 4) is 0 Å². The van der Waals surface area contributed by atoms with E-state index in [0.29, 0.717) is 0 Å². The first-order valence-electron chi connectivity index (χ1n) is 6.90. The Balaban J connectivity index is 2.39. The van der Waals surface area contributed by atoms with Crippen LogP contribution in [0.4, 0.5) is 15.8 Å². The molecular formula is C17H21FN2. The summed E-state index contributed by atoms with van der Waals surface area (Å²) in [6.45, 7) is 4.00. The zero-order chi connectivity index (χ0) is 14.7. The van der Waals surface area contributed by atoms with Gasteiger partial charge in [0.05, 0.1) is 0 Å². The van der Waals surface area contributed by atoms with Gasteiger partial charge in [-0.3, -0.25) is 0 Å². The lowest BCUT2D eigenvalue weighted by molar-refractivity contribution is 0.622. The molecule has 0 aliphatic carbocycles. The van der Waals surface area contributed by atoms with Gasteiger partial charge in [-0.2, -0.15) is 0 Å². The molecular weight excluding hydrogens is 251 g/mol. The van der Waals surface area contributed by atoms with E-state index in [2.05, 4.69) is 31.2 Å². The van der Waals surface area contributed by atoms with Crippen LogP contribution in [0.3, 0.4) is 0 Å². The van der Waals surface area contributed by atoms with Crippen LogP contribution in [0.1, 0.15) is 31.0 Å². The van der Waals surface area contributed by atoms with E-state index in [4.69, 9.17) is 5.73 Å². The molecule has 20 heavy (non-hydrogen) atoms. The minimum Gasteiger partial charge on any atom is -0.344 e. The number of halogens is 1. The Morgan fingerprint density at radius 2 is 1.80 bits per heavy atom. The number of aryl methyl sites for hydroxylation is 1. The highest BCUT2D eigenvalue weighted by molar-refractivity contribution is 5.66. The highest BCUT2D eigenvalue weighted by atomic mass is 19.1. The van der Waals surface area contributed by atoms with Gasteiger partial charge in [-0.15, -0.1) is 0 Å². The first-order valence-corrected chi connectivity index (χ1v) is 6.90. The lowest BCUT2D eigenvalue weighted by Crippen LogP contribution is -2.16. The second-order valence-electron chi connectivity index (χ2n) is 5.07. The van der Waals surface area contributed by atoms with Crippen molar-refractivity contribution in [1.29, 1.82) is 0 Å². The number of benzene rings is 2. The van der Waals surface area contributed by atoms with Crippen LogP contribution in [0.25, 0.3) is 0 Å². The summed E-state index contributed by atoms with van der Waals surface area (Å²) in [5.74, 6) is -0.254. The van der Waals surface area contributed by atoms with Crippen LogP contribution in [-0.4, -0.2) is 7.05 Å². The van der Waals surface area contributed by atoms with Gasteiger partial charge < -0.3 is 10.6 Å². The molecule has 0 saturated carbocycles. The Kier molecular flexibility index (Phi) is 4.40. The third-order valence-electron chi connectivity index (χ3n) is 3.57. The Bertz CT molecular complexity index is 576. The number of rotatable bonds is 4. The maximum absolute atomic E-state index is 13.4. The SMILES string of the molecule is CCc1ccc(N(C)c2ccc(F)cc2[C@H](C)N)cc1. The van der Waals surface area contributed by atoms with E-state index in [1.54, 1.807) is 6.07 Å². The fourth-order valence-electron chi connectivity index (χ4n) is 2.29. The molecule has 0 bridgehead atoms. The summed E-state index contributed by atoms with van der Waals surface area (Å²) < 4.78 is 13.4. The average molecular weight is 272 g/mol. The summed E-state index contributed by atoms with van der Waals surface area (Å²) in [7, 11) is 1.97. The Morgan fingerprint density at radius 1 is 1.15 bits per heavy atom. The fourth-order valence-corrected chi connectivity index (χ4v) is 2.29. The molecule has 0 aliphatic heterocycles. The largest absolute Gasteiger partial charge is 0.344 e.